The fourth-order valence-corrected chi connectivity index (χ4v) is 2.96. The molecule has 0 aromatic heterocycles. The summed E-state index contributed by atoms with van der Waals surface area (Å²) in [6.07, 6.45) is -0.247. The van der Waals surface area contributed by atoms with E-state index in [9.17, 15) is 19.1 Å². The molecule has 1 aromatic rings. The van der Waals surface area contributed by atoms with Crippen molar-refractivity contribution in [2.75, 3.05) is 0 Å². The standard InChI is InChI=1S/C10H11NO5S2/c1-7(2)16-18(15)17-10(12)8-3-5-9(6-4-8)11(13)14/h3-7H,1-2H3. The summed E-state index contributed by atoms with van der Waals surface area (Å²) in [6, 6.07) is 5.08. The molecule has 0 bridgehead atoms. The Morgan fingerprint density at radius 2 is 1.94 bits per heavy atom. The summed E-state index contributed by atoms with van der Waals surface area (Å²) in [5, 5.41) is 9.97. The zero-order valence-electron chi connectivity index (χ0n) is 9.69. The molecule has 0 aliphatic carbocycles. The number of non-ortho nitro benzene ring substituents is 1. The van der Waals surface area contributed by atoms with Crippen LogP contribution in [0.15, 0.2) is 24.3 Å². The van der Waals surface area contributed by atoms with E-state index in [0.717, 1.165) is 0 Å². The van der Waals surface area contributed by atoms with Crippen molar-refractivity contribution in [1.82, 2.24) is 0 Å². The quantitative estimate of drug-likeness (QED) is 0.470. The number of nitro benzene ring substituents is 1. The Kier molecular flexibility index (Phi) is 5.45. The Labute approximate surface area is 110 Å². The molecule has 1 aromatic carbocycles. The van der Waals surface area contributed by atoms with Gasteiger partial charge in [0.25, 0.3) is 5.69 Å². The monoisotopic (exact) mass is 289 g/mol. The first-order valence-electron chi connectivity index (χ1n) is 4.96. The van der Waals surface area contributed by atoms with Crippen LogP contribution in [0.5, 0.6) is 0 Å². The second-order valence-corrected chi connectivity index (χ2v) is 5.98. The van der Waals surface area contributed by atoms with Gasteiger partial charge in [0.05, 0.1) is 11.0 Å². The summed E-state index contributed by atoms with van der Waals surface area (Å²) < 4.78 is 16.2. The van der Waals surface area contributed by atoms with Gasteiger partial charge < -0.3 is 0 Å². The maximum Gasteiger partial charge on any atom is 0.269 e. The van der Waals surface area contributed by atoms with Gasteiger partial charge in [-0.15, -0.1) is 0 Å². The number of nitro groups is 1. The molecule has 1 unspecified atom stereocenters. The van der Waals surface area contributed by atoms with Crippen LogP contribution < -0.4 is 0 Å². The summed E-state index contributed by atoms with van der Waals surface area (Å²) in [6.45, 7) is 3.41. The van der Waals surface area contributed by atoms with Gasteiger partial charge in [0.2, 0.25) is 15.2 Å². The lowest BCUT2D eigenvalue weighted by Crippen LogP contribution is -2.05. The highest BCUT2D eigenvalue weighted by Gasteiger charge is 2.15. The Morgan fingerprint density at radius 3 is 2.39 bits per heavy atom. The van der Waals surface area contributed by atoms with Crippen molar-refractivity contribution in [2.45, 2.75) is 20.0 Å². The van der Waals surface area contributed by atoms with Crippen LogP contribution in [-0.4, -0.2) is 20.4 Å². The van der Waals surface area contributed by atoms with Crippen molar-refractivity contribution in [1.29, 1.82) is 0 Å². The van der Waals surface area contributed by atoms with Crippen molar-refractivity contribution in [2.24, 2.45) is 0 Å². The van der Waals surface area contributed by atoms with Crippen LogP contribution in [0.4, 0.5) is 5.69 Å². The van der Waals surface area contributed by atoms with E-state index in [4.69, 9.17) is 4.18 Å². The highest BCUT2D eigenvalue weighted by molar-refractivity contribution is 8.73. The fraction of sp³-hybridized carbons (Fsp3) is 0.300. The number of carbonyl (C=O) groups is 1. The normalized spacial score (nSPS) is 12.4. The second kappa shape index (κ2) is 6.62. The topological polar surface area (TPSA) is 86.5 Å². The van der Waals surface area contributed by atoms with Gasteiger partial charge in [-0.3, -0.25) is 19.1 Å². The predicted molar refractivity (Wildman–Crippen MR) is 69.4 cm³/mol. The van der Waals surface area contributed by atoms with Gasteiger partial charge in [-0.25, -0.2) is 4.21 Å². The van der Waals surface area contributed by atoms with E-state index in [-0.39, 0.29) is 17.4 Å². The lowest BCUT2D eigenvalue weighted by Gasteiger charge is -2.04. The van der Waals surface area contributed by atoms with Crippen LogP contribution in [0.3, 0.4) is 0 Å². The molecule has 0 spiro atoms. The molecule has 6 nitrogen and oxygen atoms in total. The summed E-state index contributed by atoms with van der Waals surface area (Å²) in [5.74, 6) is 0. The lowest BCUT2D eigenvalue weighted by atomic mass is 10.2. The van der Waals surface area contributed by atoms with E-state index in [2.05, 4.69) is 0 Å². The molecular formula is C10H11NO5S2. The van der Waals surface area contributed by atoms with Gasteiger partial charge in [-0.2, -0.15) is 0 Å². The molecule has 18 heavy (non-hydrogen) atoms. The number of hydrogen-bond acceptors (Lipinski definition) is 6. The lowest BCUT2D eigenvalue weighted by molar-refractivity contribution is -0.384. The first-order valence-corrected chi connectivity index (χ1v) is 7.37. The number of carbonyl (C=O) groups excluding carboxylic acids is 1. The largest absolute Gasteiger partial charge is 0.280 e. The smallest absolute Gasteiger partial charge is 0.269 e. The number of rotatable bonds is 5. The van der Waals surface area contributed by atoms with Crippen molar-refractivity contribution in [3.8, 4) is 0 Å². The van der Waals surface area contributed by atoms with Gasteiger partial charge in [-0.05, 0) is 26.0 Å². The average Bonchev–Trinajstić information content (AvgIpc) is 2.27. The molecule has 0 heterocycles. The molecule has 98 valence electrons. The fourth-order valence-electron chi connectivity index (χ4n) is 1.01. The minimum absolute atomic E-state index is 0.101. The van der Waals surface area contributed by atoms with E-state index in [1.165, 1.54) is 24.3 Å². The first-order chi connectivity index (χ1) is 8.40. The third-order valence-electron chi connectivity index (χ3n) is 1.73. The Bertz CT molecular complexity index is 472. The average molecular weight is 289 g/mol. The SMILES string of the molecule is CC(C)OS(=O)SC(=O)c1ccc([N+](=O)[O-])cc1. The number of nitrogens with zero attached hydrogens (tertiary/aromatic N) is 1. The van der Waals surface area contributed by atoms with Crippen molar-refractivity contribution in [3.63, 3.8) is 0 Å². The molecule has 0 radical (unpaired) electrons. The molecule has 0 N–H and O–H groups in total. The Balaban J connectivity index is 2.67. The molecule has 0 saturated carbocycles. The summed E-state index contributed by atoms with van der Waals surface area (Å²) >= 11 is 0. The molecule has 0 amide bonds. The zero-order chi connectivity index (χ0) is 13.7. The molecular weight excluding hydrogens is 278 g/mol. The van der Waals surface area contributed by atoms with Crippen molar-refractivity contribution < 1.29 is 18.1 Å². The second-order valence-electron chi connectivity index (χ2n) is 3.52. The first kappa shape index (κ1) is 14.8. The number of hydrogen-bond donors (Lipinski definition) is 0. The zero-order valence-corrected chi connectivity index (χ0v) is 11.3. The van der Waals surface area contributed by atoms with Crippen LogP contribution in [-0.2, 0) is 14.3 Å². The van der Waals surface area contributed by atoms with Crippen LogP contribution >= 0.6 is 10.8 Å². The molecule has 0 aliphatic heterocycles. The maximum atomic E-state index is 11.6. The van der Waals surface area contributed by atoms with E-state index in [1.54, 1.807) is 13.8 Å². The van der Waals surface area contributed by atoms with E-state index in [0.29, 0.717) is 10.8 Å². The summed E-state index contributed by atoms with van der Waals surface area (Å²) in [5.41, 5.74) is 0.141. The van der Waals surface area contributed by atoms with Gasteiger partial charge >= 0.3 is 0 Å². The van der Waals surface area contributed by atoms with E-state index < -0.39 is 20.2 Å². The molecule has 1 rings (SSSR count). The highest BCUT2D eigenvalue weighted by atomic mass is 33.1. The van der Waals surface area contributed by atoms with Crippen LogP contribution in [0, 0.1) is 10.1 Å². The van der Waals surface area contributed by atoms with Crippen molar-refractivity contribution >= 4 is 31.7 Å². The molecule has 0 fully saturated rings. The Morgan fingerprint density at radius 1 is 1.39 bits per heavy atom. The van der Waals surface area contributed by atoms with Gasteiger partial charge in [0, 0.05) is 28.5 Å². The van der Waals surface area contributed by atoms with Gasteiger partial charge in [-0.1, -0.05) is 0 Å². The minimum atomic E-state index is -1.76. The highest BCUT2D eigenvalue weighted by Crippen LogP contribution is 2.20. The van der Waals surface area contributed by atoms with Crippen molar-refractivity contribution in [3.05, 3.63) is 39.9 Å². The molecule has 8 heteroatoms. The summed E-state index contributed by atoms with van der Waals surface area (Å²) in [7, 11) is -1.23. The van der Waals surface area contributed by atoms with Gasteiger partial charge in [0.1, 0.15) is 0 Å². The van der Waals surface area contributed by atoms with Crippen LogP contribution in [0.1, 0.15) is 24.2 Å². The molecule has 0 aliphatic rings. The third-order valence-corrected chi connectivity index (χ3v) is 3.89. The third kappa shape index (κ3) is 4.55. The number of benzene rings is 1. The maximum absolute atomic E-state index is 11.6. The molecule has 1 atom stereocenters. The summed E-state index contributed by atoms with van der Waals surface area (Å²) in [4.78, 5) is 21.5. The minimum Gasteiger partial charge on any atom is -0.280 e. The van der Waals surface area contributed by atoms with Gasteiger partial charge in [0.15, 0.2) is 0 Å². The predicted octanol–water partition coefficient (Wildman–Crippen LogP) is 2.47. The van der Waals surface area contributed by atoms with Crippen LogP contribution in [0.25, 0.3) is 0 Å². The van der Waals surface area contributed by atoms with E-state index in [1.807, 2.05) is 0 Å². The molecule has 0 saturated heterocycles. The Hall–Kier alpha value is -1.25. The van der Waals surface area contributed by atoms with E-state index >= 15 is 0 Å². The van der Waals surface area contributed by atoms with Crippen LogP contribution in [0.2, 0.25) is 0 Å².